The molecule has 0 heterocycles. The van der Waals surface area contributed by atoms with E-state index in [1.165, 1.54) is 0 Å². The molecule has 5 nitrogen and oxygen atoms in total. The Bertz CT molecular complexity index is 716. The van der Waals surface area contributed by atoms with Gasteiger partial charge in [-0.2, -0.15) is 13.2 Å². The van der Waals surface area contributed by atoms with Gasteiger partial charge in [0.25, 0.3) is 9.05 Å². The van der Waals surface area contributed by atoms with Crippen LogP contribution in [0.2, 0.25) is 0 Å². The maximum absolute atomic E-state index is 12.2. The lowest BCUT2D eigenvalue weighted by molar-refractivity contribution is -0.137. The quantitative estimate of drug-likeness (QED) is 0.811. The highest BCUT2D eigenvalue weighted by atomic mass is 35.7. The van der Waals surface area contributed by atoms with Gasteiger partial charge in [0, 0.05) is 16.7 Å². The first kappa shape index (κ1) is 18.2. The van der Waals surface area contributed by atoms with Gasteiger partial charge in [0.2, 0.25) is 10.0 Å². The van der Waals surface area contributed by atoms with E-state index >= 15 is 0 Å². The van der Waals surface area contributed by atoms with Crippen LogP contribution >= 0.6 is 10.7 Å². The molecule has 120 valence electrons. The van der Waals surface area contributed by atoms with Crippen molar-refractivity contribution in [1.29, 1.82) is 0 Å². The molecule has 0 spiro atoms. The van der Waals surface area contributed by atoms with Crippen LogP contribution in [0.25, 0.3) is 0 Å². The smallest absolute Gasteiger partial charge is 0.208 e. The van der Waals surface area contributed by atoms with Crippen LogP contribution in [0.5, 0.6) is 0 Å². The summed E-state index contributed by atoms with van der Waals surface area (Å²) >= 11 is 0. The van der Waals surface area contributed by atoms with Gasteiger partial charge < -0.3 is 0 Å². The number of nitrogens with one attached hydrogen (secondary N) is 1. The van der Waals surface area contributed by atoms with E-state index in [9.17, 15) is 30.0 Å². The summed E-state index contributed by atoms with van der Waals surface area (Å²) in [7, 11) is -3.35. The third kappa shape index (κ3) is 5.81. The first-order chi connectivity index (χ1) is 9.31. The summed E-state index contributed by atoms with van der Waals surface area (Å²) in [5.74, 6) is 0. The van der Waals surface area contributed by atoms with E-state index in [1.807, 2.05) is 4.72 Å². The highest BCUT2D eigenvalue weighted by molar-refractivity contribution is 8.13. The second-order valence-corrected chi connectivity index (χ2v) is 8.53. The molecule has 0 bridgehead atoms. The van der Waals surface area contributed by atoms with E-state index in [4.69, 9.17) is 10.7 Å². The second kappa shape index (κ2) is 6.11. The van der Waals surface area contributed by atoms with Crippen molar-refractivity contribution in [2.75, 3.05) is 0 Å². The summed E-state index contributed by atoms with van der Waals surface area (Å²) in [5.41, 5.74) is 0. The zero-order valence-corrected chi connectivity index (χ0v) is 12.9. The number of benzene rings is 1. The third-order valence-electron chi connectivity index (χ3n) is 2.29. The maximum atomic E-state index is 12.2. The van der Waals surface area contributed by atoms with Crippen molar-refractivity contribution >= 4 is 29.8 Å². The van der Waals surface area contributed by atoms with Crippen molar-refractivity contribution in [3.05, 3.63) is 24.3 Å². The molecular formula is C10H11ClF3NO4S2. The molecule has 0 aromatic heterocycles. The van der Waals surface area contributed by atoms with Gasteiger partial charge in [0.1, 0.15) is 0 Å². The van der Waals surface area contributed by atoms with Gasteiger partial charge in [0.15, 0.2) is 0 Å². The molecule has 11 heteroatoms. The molecule has 0 aliphatic heterocycles. The van der Waals surface area contributed by atoms with Crippen LogP contribution < -0.4 is 4.72 Å². The lowest BCUT2D eigenvalue weighted by Gasteiger charge is -2.16. The van der Waals surface area contributed by atoms with E-state index in [0.29, 0.717) is 0 Å². The molecule has 1 atom stereocenters. The highest BCUT2D eigenvalue weighted by Crippen LogP contribution is 2.23. The van der Waals surface area contributed by atoms with Crippen molar-refractivity contribution in [2.24, 2.45) is 0 Å². The summed E-state index contributed by atoms with van der Waals surface area (Å²) in [4.78, 5) is -0.950. The molecule has 1 aromatic rings. The molecule has 0 aliphatic carbocycles. The van der Waals surface area contributed by atoms with E-state index in [-0.39, 0.29) is 0 Å². The van der Waals surface area contributed by atoms with Gasteiger partial charge in [-0.25, -0.2) is 21.6 Å². The Kier molecular flexibility index (Phi) is 5.30. The first-order valence-corrected chi connectivity index (χ1v) is 9.24. The SMILES string of the molecule is CC(CC(F)(F)F)NS(=O)(=O)c1cccc(S(=O)(=O)Cl)c1. The molecule has 1 unspecified atom stereocenters. The normalized spacial score (nSPS) is 14.9. The number of sulfonamides is 1. The highest BCUT2D eigenvalue weighted by Gasteiger charge is 2.32. The average Bonchev–Trinajstić information content (AvgIpc) is 2.24. The van der Waals surface area contributed by atoms with Crippen LogP contribution in [0.1, 0.15) is 13.3 Å². The molecular weight excluding hydrogens is 355 g/mol. The number of hydrogen-bond acceptors (Lipinski definition) is 4. The van der Waals surface area contributed by atoms with E-state index in [2.05, 4.69) is 0 Å². The summed E-state index contributed by atoms with van der Waals surface area (Å²) in [5, 5.41) is 0. The predicted molar refractivity (Wildman–Crippen MR) is 69.9 cm³/mol. The lowest BCUT2D eigenvalue weighted by Crippen LogP contribution is -2.35. The van der Waals surface area contributed by atoms with Crippen molar-refractivity contribution in [2.45, 2.75) is 35.4 Å². The van der Waals surface area contributed by atoms with Crippen LogP contribution in [0.15, 0.2) is 34.1 Å². The van der Waals surface area contributed by atoms with E-state index in [1.54, 1.807) is 0 Å². The predicted octanol–water partition coefficient (Wildman–Crippen LogP) is 2.23. The standard InChI is InChI=1S/C10H11ClF3NO4S2/c1-7(6-10(12,13)14)15-21(18,19)9-4-2-3-8(5-9)20(11,16)17/h2-5,7,15H,6H2,1H3. The number of rotatable bonds is 5. The van der Waals surface area contributed by atoms with Gasteiger partial charge in [-0.05, 0) is 25.1 Å². The monoisotopic (exact) mass is 365 g/mol. The lowest BCUT2D eigenvalue weighted by atomic mass is 10.2. The molecule has 21 heavy (non-hydrogen) atoms. The van der Waals surface area contributed by atoms with Gasteiger partial charge in [-0.3, -0.25) is 0 Å². The maximum Gasteiger partial charge on any atom is 0.390 e. The minimum absolute atomic E-state index is 0.462. The second-order valence-electron chi connectivity index (χ2n) is 4.25. The molecule has 0 fully saturated rings. The van der Waals surface area contributed by atoms with Gasteiger partial charge in [-0.15, -0.1) is 0 Å². The fraction of sp³-hybridized carbons (Fsp3) is 0.400. The Morgan fingerprint density at radius 3 is 2.19 bits per heavy atom. The van der Waals surface area contributed by atoms with E-state index in [0.717, 1.165) is 31.2 Å². The number of alkyl halides is 3. The van der Waals surface area contributed by atoms with Gasteiger partial charge in [-0.1, -0.05) is 6.07 Å². The summed E-state index contributed by atoms with van der Waals surface area (Å²) in [6.07, 6.45) is -5.87. The van der Waals surface area contributed by atoms with Crippen molar-refractivity contribution in [1.82, 2.24) is 4.72 Å². The minimum atomic E-state index is -4.52. The third-order valence-corrected chi connectivity index (χ3v) is 5.23. The van der Waals surface area contributed by atoms with Crippen molar-refractivity contribution in [3.63, 3.8) is 0 Å². The average molecular weight is 366 g/mol. The van der Waals surface area contributed by atoms with Crippen LogP contribution in [0, 0.1) is 0 Å². The van der Waals surface area contributed by atoms with Gasteiger partial charge >= 0.3 is 6.18 Å². The Balaban J connectivity index is 3.04. The molecule has 0 saturated carbocycles. The molecule has 0 saturated heterocycles. The summed E-state index contributed by atoms with van der Waals surface area (Å²) in [6, 6.07) is 2.61. The van der Waals surface area contributed by atoms with Crippen LogP contribution in [-0.2, 0) is 19.1 Å². The summed E-state index contributed by atoms with van der Waals surface area (Å²) < 4.78 is 84.4. The first-order valence-electron chi connectivity index (χ1n) is 5.45. The van der Waals surface area contributed by atoms with Gasteiger partial charge in [0.05, 0.1) is 16.2 Å². The molecule has 1 N–H and O–H groups in total. The molecule has 1 aromatic carbocycles. The number of halogens is 4. The minimum Gasteiger partial charge on any atom is -0.208 e. The Morgan fingerprint density at radius 1 is 1.19 bits per heavy atom. The number of hydrogen-bond donors (Lipinski definition) is 1. The van der Waals surface area contributed by atoms with Crippen LogP contribution in [0.4, 0.5) is 13.2 Å². The van der Waals surface area contributed by atoms with Crippen molar-refractivity contribution in [3.8, 4) is 0 Å². The van der Waals surface area contributed by atoms with Crippen molar-refractivity contribution < 1.29 is 30.0 Å². The molecule has 0 amide bonds. The molecule has 0 aliphatic rings. The van der Waals surface area contributed by atoms with Crippen LogP contribution in [-0.4, -0.2) is 29.1 Å². The fourth-order valence-electron chi connectivity index (χ4n) is 1.51. The Labute approximate surface area is 124 Å². The fourth-order valence-corrected chi connectivity index (χ4v) is 3.68. The zero-order valence-electron chi connectivity index (χ0n) is 10.6. The van der Waals surface area contributed by atoms with E-state index < -0.39 is 47.5 Å². The Morgan fingerprint density at radius 2 is 1.71 bits per heavy atom. The Hall–Kier alpha value is -0.840. The summed E-state index contributed by atoms with van der Waals surface area (Å²) in [6.45, 7) is 1.05. The molecule has 1 rings (SSSR count). The zero-order chi connectivity index (χ0) is 16.5. The van der Waals surface area contributed by atoms with Crippen LogP contribution in [0.3, 0.4) is 0 Å². The molecule has 0 radical (unpaired) electrons. The largest absolute Gasteiger partial charge is 0.390 e. The topological polar surface area (TPSA) is 80.3 Å².